The highest BCUT2D eigenvalue weighted by molar-refractivity contribution is 5.20. The number of hydrogen-bond acceptors (Lipinski definition) is 3. The lowest BCUT2D eigenvalue weighted by Crippen LogP contribution is -2.24. The van der Waals surface area contributed by atoms with Crippen molar-refractivity contribution in [3.8, 4) is 0 Å². The summed E-state index contributed by atoms with van der Waals surface area (Å²) in [6.45, 7) is 7.13. The first kappa shape index (κ1) is 11.6. The third-order valence-electron chi connectivity index (χ3n) is 3.23. The van der Waals surface area contributed by atoms with Crippen molar-refractivity contribution in [2.75, 3.05) is 19.7 Å². The highest BCUT2D eigenvalue weighted by atomic mass is 16.5. The fraction of sp³-hybridized carbons (Fsp3) is 0.750. The molecule has 0 saturated carbocycles. The van der Waals surface area contributed by atoms with Crippen LogP contribution in [0.2, 0.25) is 0 Å². The molecule has 1 N–H and O–H groups in total. The molecule has 4 nitrogen and oxygen atoms in total. The van der Waals surface area contributed by atoms with Gasteiger partial charge in [-0.2, -0.15) is 5.10 Å². The standard InChI is InChI=1S/C12H21N3O/c1-4-13-7-10-5-6-16-12(10)11-8-15(3)14-9(11)2/h8,10,12-13H,4-7H2,1-3H3. The molecular weight excluding hydrogens is 202 g/mol. The van der Waals surface area contributed by atoms with Gasteiger partial charge in [-0.05, 0) is 19.9 Å². The predicted molar refractivity (Wildman–Crippen MR) is 63.3 cm³/mol. The number of nitrogens with zero attached hydrogens (tertiary/aromatic N) is 2. The first-order valence-electron chi connectivity index (χ1n) is 6.04. The molecule has 2 atom stereocenters. The number of hydrogen-bond donors (Lipinski definition) is 1. The Hall–Kier alpha value is -0.870. The van der Waals surface area contributed by atoms with E-state index in [1.54, 1.807) is 0 Å². The number of aromatic nitrogens is 2. The maximum absolute atomic E-state index is 5.85. The molecule has 2 heterocycles. The topological polar surface area (TPSA) is 39.1 Å². The molecule has 1 aromatic rings. The lowest BCUT2D eigenvalue weighted by molar-refractivity contribution is 0.0901. The molecular formula is C12H21N3O. The summed E-state index contributed by atoms with van der Waals surface area (Å²) < 4.78 is 7.72. The minimum atomic E-state index is 0.229. The number of ether oxygens (including phenoxy) is 1. The summed E-state index contributed by atoms with van der Waals surface area (Å²) in [5, 5.41) is 7.80. The van der Waals surface area contributed by atoms with Gasteiger partial charge >= 0.3 is 0 Å². The molecule has 0 aliphatic carbocycles. The summed E-state index contributed by atoms with van der Waals surface area (Å²) in [7, 11) is 1.96. The monoisotopic (exact) mass is 223 g/mol. The maximum Gasteiger partial charge on any atom is 0.0899 e. The summed E-state index contributed by atoms with van der Waals surface area (Å²) in [6, 6.07) is 0. The van der Waals surface area contributed by atoms with Crippen LogP contribution in [0.4, 0.5) is 0 Å². The largest absolute Gasteiger partial charge is 0.373 e. The van der Waals surface area contributed by atoms with Crippen LogP contribution in [0.15, 0.2) is 6.20 Å². The minimum absolute atomic E-state index is 0.229. The average Bonchev–Trinajstić information content (AvgIpc) is 2.81. The second-order valence-electron chi connectivity index (χ2n) is 4.49. The van der Waals surface area contributed by atoms with Crippen LogP contribution in [-0.2, 0) is 11.8 Å². The van der Waals surface area contributed by atoms with Gasteiger partial charge in [0.2, 0.25) is 0 Å². The minimum Gasteiger partial charge on any atom is -0.373 e. The summed E-state index contributed by atoms with van der Waals surface area (Å²) in [5.74, 6) is 0.586. The van der Waals surface area contributed by atoms with Crippen LogP contribution in [0.25, 0.3) is 0 Å². The molecule has 0 bridgehead atoms. The van der Waals surface area contributed by atoms with Gasteiger partial charge in [0.1, 0.15) is 0 Å². The lowest BCUT2D eigenvalue weighted by Gasteiger charge is -2.18. The van der Waals surface area contributed by atoms with Gasteiger partial charge in [0.25, 0.3) is 0 Å². The lowest BCUT2D eigenvalue weighted by atomic mass is 9.96. The number of aryl methyl sites for hydroxylation is 2. The Kier molecular flexibility index (Phi) is 3.61. The van der Waals surface area contributed by atoms with Crippen LogP contribution in [-0.4, -0.2) is 29.5 Å². The Labute approximate surface area is 97.0 Å². The molecule has 4 heteroatoms. The molecule has 0 aromatic carbocycles. The van der Waals surface area contributed by atoms with Gasteiger partial charge in [-0.3, -0.25) is 4.68 Å². The zero-order valence-corrected chi connectivity index (χ0v) is 10.4. The average molecular weight is 223 g/mol. The Bertz CT molecular complexity index is 348. The fourth-order valence-electron chi connectivity index (χ4n) is 2.41. The fourth-order valence-corrected chi connectivity index (χ4v) is 2.41. The smallest absolute Gasteiger partial charge is 0.0899 e. The first-order valence-corrected chi connectivity index (χ1v) is 6.04. The van der Waals surface area contributed by atoms with Crippen LogP contribution in [0, 0.1) is 12.8 Å². The highest BCUT2D eigenvalue weighted by Gasteiger charge is 2.31. The van der Waals surface area contributed by atoms with Crippen LogP contribution >= 0.6 is 0 Å². The summed E-state index contributed by atoms with van der Waals surface area (Å²) in [4.78, 5) is 0. The molecule has 0 radical (unpaired) electrons. The van der Waals surface area contributed by atoms with E-state index < -0.39 is 0 Å². The van der Waals surface area contributed by atoms with Crippen molar-refractivity contribution in [2.24, 2.45) is 13.0 Å². The van der Waals surface area contributed by atoms with Crippen molar-refractivity contribution in [1.29, 1.82) is 0 Å². The number of nitrogens with one attached hydrogen (secondary N) is 1. The van der Waals surface area contributed by atoms with E-state index >= 15 is 0 Å². The molecule has 16 heavy (non-hydrogen) atoms. The Morgan fingerprint density at radius 1 is 1.62 bits per heavy atom. The Morgan fingerprint density at radius 3 is 3.06 bits per heavy atom. The zero-order valence-electron chi connectivity index (χ0n) is 10.4. The van der Waals surface area contributed by atoms with Gasteiger partial charge in [0.15, 0.2) is 0 Å². The van der Waals surface area contributed by atoms with Crippen molar-refractivity contribution in [1.82, 2.24) is 15.1 Å². The molecule has 2 rings (SSSR count). The third-order valence-corrected chi connectivity index (χ3v) is 3.23. The second-order valence-corrected chi connectivity index (χ2v) is 4.49. The maximum atomic E-state index is 5.85. The molecule has 0 amide bonds. The van der Waals surface area contributed by atoms with Crippen LogP contribution in [0.3, 0.4) is 0 Å². The number of rotatable bonds is 4. The molecule has 1 saturated heterocycles. The second kappa shape index (κ2) is 4.97. The quantitative estimate of drug-likeness (QED) is 0.839. The molecule has 1 aliphatic heterocycles. The van der Waals surface area contributed by atoms with E-state index in [1.807, 2.05) is 11.7 Å². The molecule has 0 spiro atoms. The predicted octanol–water partition coefficient (Wildman–Crippen LogP) is 1.42. The third kappa shape index (κ3) is 2.28. The van der Waals surface area contributed by atoms with Crippen molar-refractivity contribution in [3.63, 3.8) is 0 Å². The van der Waals surface area contributed by atoms with Crippen molar-refractivity contribution in [2.45, 2.75) is 26.4 Å². The van der Waals surface area contributed by atoms with Gasteiger partial charge in [-0.1, -0.05) is 6.92 Å². The normalized spacial score (nSPS) is 25.2. The van der Waals surface area contributed by atoms with E-state index in [9.17, 15) is 0 Å². The van der Waals surface area contributed by atoms with Crippen molar-refractivity contribution >= 4 is 0 Å². The summed E-state index contributed by atoms with van der Waals surface area (Å²) in [6.07, 6.45) is 3.46. The van der Waals surface area contributed by atoms with E-state index in [2.05, 4.69) is 30.5 Å². The highest BCUT2D eigenvalue weighted by Crippen LogP contribution is 2.35. The first-order chi connectivity index (χ1) is 7.72. The molecule has 1 aromatic heterocycles. The molecule has 2 unspecified atom stereocenters. The van der Waals surface area contributed by atoms with Gasteiger partial charge in [0, 0.05) is 37.9 Å². The van der Waals surface area contributed by atoms with E-state index in [1.165, 1.54) is 5.56 Å². The molecule has 1 fully saturated rings. The van der Waals surface area contributed by atoms with Gasteiger partial charge < -0.3 is 10.1 Å². The Balaban J connectivity index is 2.10. The SMILES string of the molecule is CCNCC1CCOC1c1cn(C)nc1C. The van der Waals surface area contributed by atoms with E-state index in [-0.39, 0.29) is 6.10 Å². The zero-order chi connectivity index (χ0) is 11.5. The van der Waals surface area contributed by atoms with Crippen LogP contribution in [0.1, 0.15) is 30.7 Å². The molecule has 1 aliphatic rings. The van der Waals surface area contributed by atoms with Gasteiger partial charge in [-0.25, -0.2) is 0 Å². The van der Waals surface area contributed by atoms with E-state index in [4.69, 9.17) is 4.74 Å². The van der Waals surface area contributed by atoms with Crippen LogP contribution in [0.5, 0.6) is 0 Å². The van der Waals surface area contributed by atoms with E-state index in [0.29, 0.717) is 5.92 Å². The van der Waals surface area contributed by atoms with Crippen LogP contribution < -0.4 is 5.32 Å². The van der Waals surface area contributed by atoms with Crippen molar-refractivity contribution in [3.05, 3.63) is 17.5 Å². The summed E-state index contributed by atoms with van der Waals surface area (Å²) >= 11 is 0. The van der Waals surface area contributed by atoms with Crippen molar-refractivity contribution < 1.29 is 4.74 Å². The Morgan fingerprint density at radius 2 is 2.44 bits per heavy atom. The van der Waals surface area contributed by atoms with E-state index in [0.717, 1.165) is 31.8 Å². The molecule has 90 valence electrons. The van der Waals surface area contributed by atoms with Gasteiger partial charge in [-0.15, -0.1) is 0 Å². The van der Waals surface area contributed by atoms with Gasteiger partial charge in [0.05, 0.1) is 11.8 Å². The summed E-state index contributed by atoms with van der Waals surface area (Å²) in [5.41, 5.74) is 2.35.